The van der Waals surface area contributed by atoms with Crippen LogP contribution in [0.4, 0.5) is 15.0 Å². The second-order valence-corrected chi connectivity index (χ2v) is 7.09. The predicted molar refractivity (Wildman–Crippen MR) is 107 cm³/mol. The van der Waals surface area contributed by atoms with Crippen LogP contribution in [0.5, 0.6) is 0 Å². The van der Waals surface area contributed by atoms with Crippen molar-refractivity contribution in [2.75, 3.05) is 25.4 Å². The zero-order valence-electron chi connectivity index (χ0n) is 16.6. The fourth-order valence-corrected chi connectivity index (χ4v) is 3.40. The predicted octanol–water partition coefficient (Wildman–Crippen LogP) is 2.38. The van der Waals surface area contributed by atoms with Crippen LogP contribution in [-0.2, 0) is 11.2 Å². The van der Waals surface area contributed by atoms with Gasteiger partial charge in [-0.25, -0.2) is 19.2 Å². The number of hydrogen-bond acceptors (Lipinski definition) is 7. The zero-order chi connectivity index (χ0) is 21.1. The number of hydrogen-bond donors (Lipinski definition) is 2. The number of ether oxygens (including phenoxy) is 1. The molecule has 0 radical (unpaired) electrons. The summed E-state index contributed by atoms with van der Waals surface area (Å²) in [6.07, 6.45) is 1.53. The third-order valence-corrected chi connectivity index (χ3v) is 4.94. The summed E-state index contributed by atoms with van der Waals surface area (Å²) in [5, 5.41) is 0. The lowest BCUT2D eigenvalue weighted by Gasteiger charge is -2.28. The molecule has 0 bridgehead atoms. The number of nitrogen functional groups attached to an aromatic ring is 1. The Balaban J connectivity index is 1.50. The number of nitrogens with one attached hydrogen (secondary N) is 1. The third-order valence-electron chi connectivity index (χ3n) is 4.94. The highest BCUT2D eigenvalue weighted by molar-refractivity contribution is 5.79. The number of aromatic amines is 1. The Bertz CT molecular complexity index is 1100. The lowest BCUT2D eigenvalue weighted by Crippen LogP contribution is -2.40. The minimum Gasteiger partial charge on any atom is -0.450 e. The molecular formula is C20H23FN6O3. The molecule has 3 N–H and O–H groups in total. The summed E-state index contributed by atoms with van der Waals surface area (Å²) >= 11 is 0. The Kier molecular flexibility index (Phi) is 5.64. The number of halogens is 1. The van der Waals surface area contributed by atoms with Crippen LogP contribution in [0.15, 0.2) is 33.7 Å². The summed E-state index contributed by atoms with van der Waals surface area (Å²) in [5.74, 6) is 0.442. The topological polar surface area (TPSA) is 123 Å². The maximum atomic E-state index is 13.1. The van der Waals surface area contributed by atoms with Crippen LogP contribution in [0, 0.1) is 5.82 Å². The molecule has 3 aromatic rings. The third kappa shape index (κ3) is 4.42. The molecule has 1 fully saturated rings. The number of anilines is 1. The molecule has 1 aliphatic heterocycles. The van der Waals surface area contributed by atoms with Gasteiger partial charge >= 0.3 is 6.09 Å². The fraction of sp³-hybridized carbons (Fsp3) is 0.400. The molecule has 1 aromatic carbocycles. The van der Waals surface area contributed by atoms with E-state index in [9.17, 15) is 9.18 Å². The summed E-state index contributed by atoms with van der Waals surface area (Å²) in [4.78, 5) is 29.8. The molecule has 0 spiro atoms. The van der Waals surface area contributed by atoms with Crippen LogP contribution in [0.25, 0.3) is 11.2 Å². The maximum Gasteiger partial charge on any atom is 0.409 e. The highest BCUT2D eigenvalue weighted by atomic mass is 19.1. The molecule has 1 amide bonds. The minimum absolute atomic E-state index is 0.0142. The largest absolute Gasteiger partial charge is 0.450 e. The molecule has 0 atom stereocenters. The molecule has 0 unspecified atom stereocenters. The number of rotatable bonds is 4. The second kappa shape index (κ2) is 8.52. The van der Waals surface area contributed by atoms with Crippen LogP contribution < -0.4 is 11.4 Å². The number of nitrogens with two attached hydrogens (primary N) is 1. The SMILES string of the molecule is CCOC(=O)N1CCC(N=c2[nH]c3c(N)nc(Cc4ccc(F)cc4)nc3o2)CC1. The van der Waals surface area contributed by atoms with Gasteiger partial charge in [-0.1, -0.05) is 12.1 Å². The summed E-state index contributed by atoms with van der Waals surface area (Å²) in [7, 11) is 0. The first-order valence-electron chi connectivity index (χ1n) is 9.87. The number of benzene rings is 1. The zero-order valence-corrected chi connectivity index (χ0v) is 16.6. The van der Waals surface area contributed by atoms with E-state index in [0.717, 1.165) is 5.56 Å². The number of likely N-dealkylation sites (tertiary alicyclic amines) is 1. The molecule has 1 aliphatic rings. The lowest BCUT2D eigenvalue weighted by molar-refractivity contribution is 0.0971. The van der Waals surface area contributed by atoms with Crippen molar-refractivity contribution in [3.8, 4) is 0 Å². The number of piperidine rings is 1. The minimum atomic E-state index is -0.297. The molecule has 0 aliphatic carbocycles. The number of nitrogens with zero attached hydrogens (tertiary/aromatic N) is 4. The molecule has 0 saturated carbocycles. The Labute approximate surface area is 171 Å². The van der Waals surface area contributed by atoms with Crippen molar-refractivity contribution in [2.24, 2.45) is 4.99 Å². The second-order valence-electron chi connectivity index (χ2n) is 7.09. The number of fused-ring (bicyclic) bond motifs is 1. The van der Waals surface area contributed by atoms with Gasteiger partial charge in [-0.3, -0.25) is 0 Å². The van der Waals surface area contributed by atoms with Crippen LogP contribution in [0.1, 0.15) is 31.2 Å². The van der Waals surface area contributed by atoms with Gasteiger partial charge in [-0.05, 0) is 37.5 Å². The van der Waals surface area contributed by atoms with E-state index < -0.39 is 0 Å². The van der Waals surface area contributed by atoms with Crippen LogP contribution in [0.2, 0.25) is 0 Å². The quantitative estimate of drug-likeness (QED) is 0.676. The summed E-state index contributed by atoms with van der Waals surface area (Å²) in [6, 6.07) is 6.15. The first kappa shape index (κ1) is 19.9. The average molecular weight is 414 g/mol. The maximum absolute atomic E-state index is 13.1. The molecule has 3 heterocycles. The first-order valence-corrected chi connectivity index (χ1v) is 9.87. The van der Waals surface area contributed by atoms with E-state index in [2.05, 4.69) is 19.9 Å². The highest BCUT2D eigenvalue weighted by Crippen LogP contribution is 2.17. The summed E-state index contributed by atoms with van der Waals surface area (Å²) in [6.45, 7) is 3.31. The number of aromatic nitrogens is 3. The standard InChI is InChI=1S/C20H23FN6O3/c1-2-29-20(28)27-9-7-14(8-10-27)23-19-26-16-17(22)24-15(25-18(16)30-19)11-12-3-5-13(21)6-4-12/h3-6,14H,2,7-11H2,1H3,(H,23,26)(H2,22,24,25). The highest BCUT2D eigenvalue weighted by Gasteiger charge is 2.23. The van der Waals surface area contributed by atoms with Gasteiger partial charge in [0.1, 0.15) is 17.2 Å². The number of carbonyl (C=O) groups excluding carboxylic acids is 1. The van der Waals surface area contributed by atoms with Crippen molar-refractivity contribution < 1.29 is 18.3 Å². The summed E-state index contributed by atoms with van der Waals surface area (Å²) in [5.41, 5.74) is 8.05. The van der Waals surface area contributed by atoms with Crippen molar-refractivity contribution in [3.05, 3.63) is 47.2 Å². The summed E-state index contributed by atoms with van der Waals surface area (Å²) < 4.78 is 23.9. The molecule has 9 nitrogen and oxygen atoms in total. The Morgan fingerprint density at radius 1 is 1.33 bits per heavy atom. The van der Waals surface area contributed by atoms with E-state index in [-0.39, 0.29) is 23.8 Å². The van der Waals surface area contributed by atoms with E-state index >= 15 is 0 Å². The van der Waals surface area contributed by atoms with Crippen LogP contribution >= 0.6 is 0 Å². The Hall–Kier alpha value is -3.43. The van der Waals surface area contributed by atoms with Gasteiger partial charge in [0.2, 0.25) is 0 Å². The average Bonchev–Trinajstić information content (AvgIpc) is 3.13. The van der Waals surface area contributed by atoms with Gasteiger partial charge in [0, 0.05) is 19.5 Å². The molecule has 1 saturated heterocycles. The number of H-pyrrole nitrogens is 1. The van der Waals surface area contributed by atoms with Gasteiger partial charge in [0.05, 0.1) is 12.6 Å². The molecular weight excluding hydrogens is 391 g/mol. The lowest BCUT2D eigenvalue weighted by atomic mass is 10.1. The van der Waals surface area contributed by atoms with E-state index in [1.165, 1.54) is 12.1 Å². The van der Waals surface area contributed by atoms with Crippen molar-refractivity contribution in [3.63, 3.8) is 0 Å². The van der Waals surface area contributed by atoms with Crippen LogP contribution in [0.3, 0.4) is 0 Å². The van der Waals surface area contributed by atoms with Crippen LogP contribution in [-0.4, -0.2) is 51.7 Å². The Morgan fingerprint density at radius 3 is 2.77 bits per heavy atom. The van der Waals surface area contributed by atoms with Gasteiger partial charge in [-0.15, -0.1) is 0 Å². The van der Waals surface area contributed by atoms with E-state index in [4.69, 9.17) is 14.9 Å². The van der Waals surface area contributed by atoms with Crippen molar-refractivity contribution in [1.82, 2.24) is 19.9 Å². The molecule has 158 valence electrons. The van der Waals surface area contributed by atoms with Crippen molar-refractivity contribution in [1.29, 1.82) is 0 Å². The van der Waals surface area contributed by atoms with E-state index in [1.807, 2.05) is 0 Å². The van der Waals surface area contributed by atoms with Gasteiger partial charge < -0.3 is 24.8 Å². The van der Waals surface area contributed by atoms with Gasteiger partial charge in [0.25, 0.3) is 11.4 Å². The smallest absolute Gasteiger partial charge is 0.409 e. The molecule has 4 rings (SSSR count). The number of amides is 1. The monoisotopic (exact) mass is 414 g/mol. The molecule has 30 heavy (non-hydrogen) atoms. The number of carbonyl (C=O) groups is 1. The first-order chi connectivity index (χ1) is 14.5. The van der Waals surface area contributed by atoms with Gasteiger partial charge in [-0.2, -0.15) is 4.98 Å². The number of oxazole rings is 1. The molecule has 2 aromatic heterocycles. The Morgan fingerprint density at radius 2 is 2.07 bits per heavy atom. The van der Waals surface area contributed by atoms with E-state index in [1.54, 1.807) is 24.0 Å². The van der Waals surface area contributed by atoms with Gasteiger partial charge in [0.15, 0.2) is 5.82 Å². The fourth-order valence-electron chi connectivity index (χ4n) is 3.40. The van der Waals surface area contributed by atoms with Crippen molar-refractivity contribution in [2.45, 2.75) is 32.2 Å². The normalized spacial score (nSPS) is 15.7. The molecule has 10 heteroatoms. The van der Waals surface area contributed by atoms with E-state index in [0.29, 0.717) is 61.7 Å². The van der Waals surface area contributed by atoms with Crippen molar-refractivity contribution >= 4 is 23.1 Å².